The number of hydrogen-bond donors (Lipinski definition) is 2. The summed E-state index contributed by atoms with van der Waals surface area (Å²) in [6.45, 7) is 2.09. The number of benzene rings is 1. The first kappa shape index (κ1) is 12.0. The normalized spacial score (nSPS) is 17.2. The van der Waals surface area contributed by atoms with Gasteiger partial charge in [0.15, 0.2) is 5.84 Å². The summed E-state index contributed by atoms with van der Waals surface area (Å²) >= 11 is 6.23. The highest BCUT2D eigenvalue weighted by atomic mass is 35.5. The fourth-order valence-electron chi connectivity index (χ4n) is 2.12. The Balaban J connectivity index is 2.24. The lowest BCUT2D eigenvalue weighted by molar-refractivity contribution is 0.318. The second-order valence-electron chi connectivity index (χ2n) is 4.20. The van der Waals surface area contributed by atoms with Crippen molar-refractivity contribution in [1.29, 1.82) is 0 Å². The topological polar surface area (TPSA) is 61.9 Å². The van der Waals surface area contributed by atoms with E-state index in [1.165, 1.54) is 19.3 Å². The third-order valence-electron chi connectivity index (χ3n) is 3.05. The van der Waals surface area contributed by atoms with Gasteiger partial charge in [0.25, 0.3) is 0 Å². The van der Waals surface area contributed by atoms with Crippen molar-refractivity contribution in [1.82, 2.24) is 0 Å². The summed E-state index contributed by atoms with van der Waals surface area (Å²) in [5.41, 5.74) is 7.19. The lowest BCUT2D eigenvalue weighted by atomic mass is 10.1. The largest absolute Gasteiger partial charge is 0.409 e. The summed E-state index contributed by atoms with van der Waals surface area (Å²) in [4.78, 5) is 2.28. The molecular weight excluding hydrogens is 238 g/mol. The van der Waals surface area contributed by atoms with Gasteiger partial charge in [-0.3, -0.25) is 0 Å². The highest BCUT2D eigenvalue weighted by Gasteiger charge is 2.14. The molecule has 0 amide bonds. The summed E-state index contributed by atoms with van der Waals surface area (Å²) in [7, 11) is 0. The molecule has 3 N–H and O–H groups in total. The van der Waals surface area contributed by atoms with E-state index in [0.29, 0.717) is 10.6 Å². The van der Waals surface area contributed by atoms with E-state index >= 15 is 0 Å². The van der Waals surface area contributed by atoms with Gasteiger partial charge >= 0.3 is 0 Å². The Morgan fingerprint density at radius 1 is 1.29 bits per heavy atom. The van der Waals surface area contributed by atoms with Crippen LogP contribution in [0.2, 0.25) is 5.02 Å². The van der Waals surface area contributed by atoms with E-state index in [1.54, 1.807) is 6.07 Å². The minimum atomic E-state index is 0.0806. The molecular formula is C12H16ClN3O. The van der Waals surface area contributed by atoms with Gasteiger partial charge in [0.1, 0.15) is 0 Å². The number of halogens is 1. The quantitative estimate of drug-likeness (QED) is 0.368. The first-order valence-electron chi connectivity index (χ1n) is 5.75. The molecule has 92 valence electrons. The molecule has 1 aromatic rings. The Bertz CT molecular complexity index is 428. The Morgan fingerprint density at radius 3 is 2.59 bits per heavy atom. The van der Waals surface area contributed by atoms with Crippen LogP contribution in [0.4, 0.5) is 5.69 Å². The van der Waals surface area contributed by atoms with Crippen LogP contribution in [-0.2, 0) is 0 Å². The number of nitrogens with zero attached hydrogens (tertiary/aromatic N) is 2. The third kappa shape index (κ3) is 2.64. The number of oxime groups is 1. The summed E-state index contributed by atoms with van der Waals surface area (Å²) in [6.07, 6.45) is 3.70. The maximum absolute atomic E-state index is 8.61. The van der Waals surface area contributed by atoms with Crippen LogP contribution in [0.25, 0.3) is 0 Å². The molecule has 2 rings (SSSR count). The van der Waals surface area contributed by atoms with Gasteiger partial charge in [-0.25, -0.2) is 0 Å². The molecule has 0 aromatic heterocycles. The van der Waals surface area contributed by atoms with Crippen LogP contribution in [0, 0.1) is 0 Å². The van der Waals surface area contributed by atoms with E-state index in [2.05, 4.69) is 10.1 Å². The van der Waals surface area contributed by atoms with E-state index < -0.39 is 0 Å². The molecule has 17 heavy (non-hydrogen) atoms. The lowest BCUT2D eigenvalue weighted by Crippen LogP contribution is -2.29. The Labute approximate surface area is 106 Å². The fourth-order valence-corrected chi connectivity index (χ4v) is 2.42. The molecule has 1 heterocycles. The van der Waals surface area contributed by atoms with Gasteiger partial charge in [-0.2, -0.15) is 0 Å². The zero-order chi connectivity index (χ0) is 12.3. The number of hydrogen-bond acceptors (Lipinski definition) is 3. The second kappa shape index (κ2) is 5.27. The smallest absolute Gasteiger partial charge is 0.170 e. The first-order valence-corrected chi connectivity index (χ1v) is 6.12. The Kier molecular flexibility index (Phi) is 3.74. The predicted molar refractivity (Wildman–Crippen MR) is 70.0 cm³/mol. The number of amidine groups is 1. The first-order chi connectivity index (χ1) is 8.22. The summed E-state index contributed by atoms with van der Waals surface area (Å²) in [5.74, 6) is 0.0806. The molecule has 0 aliphatic carbocycles. The van der Waals surface area contributed by atoms with Crippen molar-refractivity contribution >= 4 is 23.1 Å². The van der Waals surface area contributed by atoms with Crippen molar-refractivity contribution in [2.75, 3.05) is 18.0 Å². The fraction of sp³-hybridized carbons (Fsp3) is 0.417. The molecule has 1 fully saturated rings. The molecule has 1 aliphatic rings. The molecule has 4 nitrogen and oxygen atoms in total. The van der Waals surface area contributed by atoms with E-state index in [1.807, 2.05) is 12.1 Å². The van der Waals surface area contributed by atoms with Crippen LogP contribution in [0.3, 0.4) is 0 Å². The van der Waals surface area contributed by atoms with E-state index in [0.717, 1.165) is 18.8 Å². The molecule has 0 spiro atoms. The van der Waals surface area contributed by atoms with E-state index in [4.69, 9.17) is 22.5 Å². The zero-order valence-corrected chi connectivity index (χ0v) is 10.3. The number of anilines is 1. The van der Waals surface area contributed by atoms with E-state index in [-0.39, 0.29) is 5.84 Å². The third-order valence-corrected chi connectivity index (χ3v) is 3.35. The molecule has 0 radical (unpaired) electrons. The van der Waals surface area contributed by atoms with Gasteiger partial charge in [0, 0.05) is 18.7 Å². The molecule has 1 saturated heterocycles. The van der Waals surface area contributed by atoms with Crippen LogP contribution in [0.5, 0.6) is 0 Å². The van der Waals surface area contributed by atoms with Crippen molar-refractivity contribution < 1.29 is 5.21 Å². The van der Waals surface area contributed by atoms with Crippen LogP contribution < -0.4 is 10.6 Å². The standard InChI is InChI=1S/C12H16ClN3O/c13-10-8-9(12(14)15-17)4-5-11(10)16-6-2-1-3-7-16/h4-5,8,17H,1-3,6-7H2,(H2,14,15). The van der Waals surface area contributed by atoms with Gasteiger partial charge in [-0.1, -0.05) is 16.8 Å². The van der Waals surface area contributed by atoms with Crippen molar-refractivity contribution in [2.24, 2.45) is 10.9 Å². The number of rotatable bonds is 2. The van der Waals surface area contributed by atoms with Gasteiger partial charge in [0.05, 0.1) is 10.7 Å². The van der Waals surface area contributed by atoms with Crippen molar-refractivity contribution in [3.63, 3.8) is 0 Å². The van der Waals surface area contributed by atoms with Crippen LogP contribution in [0.15, 0.2) is 23.4 Å². The molecule has 1 aliphatic heterocycles. The van der Waals surface area contributed by atoms with Gasteiger partial charge < -0.3 is 15.8 Å². The van der Waals surface area contributed by atoms with Crippen molar-refractivity contribution in [2.45, 2.75) is 19.3 Å². The van der Waals surface area contributed by atoms with Crippen LogP contribution in [-0.4, -0.2) is 24.1 Å². The monoisotopic (exact) mass is 253 g/mol. The minimum Gasteiger partial charge on any atom is -0.409 e. The average Bonchev–Trinajstić information content (AvgIpc) is 2.38. The number of piperidine rings is 1. The number of nitrogens with two attached hydrogens (primary N) is 1. The predicted octanol–water partition coefficient (Wildman–Crippen LogP) is 2.42. The van der Waals surface area contributed by atoms with Gasteiger partial charge in [0.2, 0.25) is 0 Å². The molecule has 0 atom stereocenters. The van der Waals surface area contributed by atoms with E-state index in [9.17, 15) is 0 Å². The molecule has 0 bridgehead atoms. The zero-order valence-electron chi connectivity index (χ0n) is 9.56. The van der Waals surface area contributed by atoms with Gasteiger partial charge in [-0.05, 0) is 37.5 Å². The highest BCUT2D eigenvalue weighted by molar-refractivity contribution is 6.33. The molecule has 0 unspecified atom stereocenters. The minimum absolute atomic E-state index is 0.0806. The Hall–Kier alpha value is -1.42. The SMILES string of the molecule is NC(=NO)c1ccc(N2CCCCC2)c(Cl)c1. The Morgan fingerprint density at radius 2 is 2.00 bits per heavy atom. The molecule has 1 aromatic carbocycles. The van der Waals surface area contributed by atoms with Crippen molar-refractivity contribution in [3.8, 4) is 0 Å². The van der Waals surface area contributed by atoms with Crippen LogP contribution in [0.1, 0.15) is 24.8 Å². The van der Waals surface area contributed by atoms with Gasteiger partial charge in [-0.15, -0.1) is 0 Å². The van der Waals surface area contributed by atoms with Crippen LogP contribution >= 0.6 is 11.6 Å². The average molecular weight is 254 g/mol. The molecule has 0 saturated carbocycles. The maximum atomic E-state index is 8.61. The highest BCUT2D eigenvalue weighted by Crippen LogP contribution is 2.29. The lowest BCUT2D eigenvalue weighted by Gasteiger charge is -2.29. The van der Waals surface area contributed by atoms with Crippen molar-refractivity contribution in [3.05, 3.63) is 28.8 Å². The summed E-state index contributed by atoms with van der Waals surface area (Å²) < 4.78 is 0. The second-order valence-corrected chi connectivity index (χ2v) is 4.61. The maximum Gasteiger partial charge on any atom is 0.170 e. The molecule has 5 heteroatoms. The summed E-state index contributed by atoms with van der Waals surface area (Å²) in [5, 5.41) is 12.2. The summed E-state index contributed by atoms with van der Waals surface area (Å²) in [6, 6.07) is 5.49.